The van der Waals surface area contributed by atoms with E-state index in [4.69, 9.17) is 0 Å². The number of benzene rings is 1. The molecule has 0 spiro atoms. The standard InChI is InChI=1S/C17H20BrNS/c1-2-19-16(17-15(18)9-10-20-17)14-8-7-12-5-3-4-6-13(12)11-14/h7-11,16,19H,2-6H2,1H3. The molecule has 0 saturated carbocycles. The Labute approximate surface area is 133 Å². The van der Waals surface area contributed by atoms with Crippen molar-refractivity contribution in [2.75, 3.05) is 6.54 Å². The number of halogens is 1. The first-order valence-corrected chi connectivity index (χ1v) is 9.05. The molecule has 0 fully saturated rings. The van der Waals surface area contributed by atoms with Crippen LogP contribution in [0, 0.1) is 0 Å². The Morgan fingerprint density at radius 2 is 2.00 bits per heavy atom. The van der Waals surface area contributed by atoms with Gasteiger partial charge in [0.05, 0.1) is 6.04 Å². The van der Waals surface area contributed by atoms with Gasteiger partial charge in [0.25, 0.3) is 0 Å². The first-order chi connectivity index (χ1) is 9.79. The van der Waals surface area contributed by atoms with Gasteiger partial charge >= 0.3 is 0 Å². The van der Waals surface area contributed by atoms with Crippen LogP contribution in [0.1, 0.15) is 47.4 Å². The maximum atomic E-state index is 3.68. The molecule has 0 aliphatic heterocycles. The second-order valence-electron chi connectivity index (χ2n) is 5.36. The Balaban J connectivity index is 1.97. The van der Waals surface area contributed by atoms with Crippen molar-refractivity contribution >= 4 is 27.3 Å². The van der Waals surface area contributed by atoms with Gasteiger partial charge in [-0.05, 0) is 76.3 Å². The minimum atomic E-state index is 0.307. The van der Waals surface area contributed by atoms with Crippen molar-refractivity contribution in [1.82, 2.24) is 5.32 Å². The van der Waals surface area contributed by atoms with Crippen LogP contribution in [0.25, 0.3) is 0 Å². The van der Waals surface area contributed by atoms with Gasteiger partial charge < -0.3 is 5.32 Å². The second kappa shape index (κ2) is 6.42. The van der Waals surface area contributed by atoms with Crippen LogP contribution in [0.15, 0.2) is 34.1 Å². The zero-order valence-corrected chi connectivity index (χ0v) is 14.2. The number of hydrogen-bond acceptors (Lipinski definition) is 2. The molecule has 1 aliphatic rings. The van der Waals surface area contributed by atoms with Crippen molar-refractivity contribution < 1.29 is 0 Å². The average molecular weight is 350 g/mol. The van der Waals surface area contributed by atoms with E-state index < -0.39 is 0 Å². The third-order valence-corrected chi connectivity index (χ3v) is 5.96. The lowest BCUT2D eigenvalue weighted by Crippen LogP contribution is -2.22. The number of hydrogen-bond donors (Lipinski definition) is 1. The first-order valence-electron chi connectivity index (χ1n) is 7.37. The summed E-state index contributed by atoms with van der Waals surface area (Å²) in [5, 5.41) is 5.78. The lowest BCUT2D eigenvalue weighted by atomic mass is 9.89. The summed E-state index contributed by atoms with van der Waals surface area (Å²) < 4.78 is 1.21. The van der Waals surface area contributed by atoms with Crippen LogP contribution in [0.3, 0.4) is 0 Å². The predicted molar refractivity (Wildman–Crippen MR) is 90.6 cm³/mol. The van der Waals surface area contributed by atoms with Crippen molar-refractivity contribution in [3.8, 4) is 0 Å². The van der Waals surface area contributed by atoms with E-state index in [1.807, 2.05) is 11.3 Å². The van der Waals surface area contributed by atoms with Crippen LogP contribution in [-0.4, -0.2) is 6.54 Å². The van der Waals surface area contributed by atoms with E-state index in [1.165, 1.54) is 40.6 Å². The lowest BCUT2D eigenvalue weighted by molar-refractivity contribution is 0.632. The third-order valence-electron chi connectivity index (χ3n) is 4.02. The molecule has 1 aromatic heterocycles. The maximum absolute atomic E-state index is 3.68. The van der Waals surface area contributed by atoms with E-state index in [0.29, 0.717) is 6.04 Å². The van der Waals surface area contributed by atoms with Crippen molar-refractivity contribution in [2.24, 2.45) is 0 Å². The summed E-state index contributed by atoms with van der Waals surface area (Å²) in [6.45, 7) is 3.15. The maximum Gasteiger partial charge on any atom is 0.0682 e. The van der Waals surface area contributed by atoms with E-state index >= 15 is 0 Å². The van der Waals surface area contributed by atoms with Gasteiger partial charge in [-0.1, -0.05) is 25.1 Å². The summed E-state index contributed by atoms with van der Waals surface area (Å²) in [7, 11) is 0. The quantitative estimate of drug-likeness (QED) is 0.810. The van der Waals surface area contributed by atoms with Gasteiger partial charge in [0.1, 0.15) is 0 Å². The molecule has 0 amide bonds. The van der Waals surface area contributed by atoms with Crippen LogP contribution in [0.4, 0.5) is 0 Å². The molecular weight excluding hydrogens is 330 g/mol. The molecule has 2 aromatic rings. The molecule has 0 saturated heterocycles. The molecule has 106 valence electrons. The smallest absolute Gasteiger partial charge is 0.0682 e. The van der Waals surface area contributed by atoms with Gasteiger partial charge in [-0.15, -0.1) is 11.3 Å². The van der Waals surface area contributed by atoms with Crippen molar-refractivity contribution in [3.63, 3.8) is 0 Å². The SMILES string of the molecule is CCNC(c1ccc2c(c1)CCCC2)c1sccc1Br. The molecular formula is C17H20BrNS. The largest absolute Gasteiger partial charge is 0.306 e. The summed E-state index contributed by atoms with van der Waals surface area (Å²) in [4.78, 5) is 1.38. The van der Waals surface area contributed by atoms with E-state index in [9.17, 15) is 0 Å². The molecule has 1 unspecified atom stereocenters. The van der Waals surface area contributed by atoms with E-state index in [0.717, 1.165) is 6.54 Å². The van der Waals surface area contributed by atoms with Gasteiger partial charge in [-0.2, -0.15) is 0 Å². The summed E-state index contributed by atoms with van der Waals surface area (Å²) in [5.74, 6) is 0. The summed E-state index contributed by atoms with van der Waals surface area (Å²) in [6, 6.07) is 9.53. The van der Waals surface area contributed by atoms with E-state index in [1.54, 1.807) is 11.1 Å². The summed E-state index contributed by atoms with van der Waals surface area (Å²) in [5.41, 5.74) is 4.51. The molecule has 1 atom stereocenters. The van der Waals surface area contributed by atoms with Gasteiger partial charge in [0.2, 0.25) is 0 Å². The van der Waals surface area contributed by atoms with Crippen LogP contribution in [0.5, 0.6) is 0 Å². The molecule has 20 heavy (non-hydrogen) atoms. The monoisotopic (exact) mass is 349 g/mol. The van der Waals surface area contributed by atoms with Crippen LogP contribution < -0.4 is 5.32 Å². The highest BCUT2D eigenvalue weighted by Gasteiger charge is 2.19. The fourth-order valence-corrected chi connectivity index (χ4v) is 4.71. The zero-order valence-electron chi connectivity index (χ0n) is 11.8. The fraction of sp³-hybridized carbons (Fsp3) is 0.412. The van der Waals surface area contributed by atoms with Gasteiger partial charge in [-0.3, -0.25) is 0 Å². The van der Waals surface area contributed by atoms with Crippen molar-refractivity contribution in [2.45, 2.75) is 38.6 Å². The minimum Gasteiger partial charge on any atom is -0.306 e. The molecule has 1 N–H and O–H groups in total. The van der Waals surface area contributed by atoms with Gasteiger partial charge in [0.15, 0.2) is 0 Å². The lowest BCUT2D eigenvalue weighted by Gasteiger charge is -2.22. The van der Waals surface area contributed by atoms with Crippen LogP contribution in [0.2, 0.25) is 0 Å². The molecule has 1 heterocycles. The summed E-state index contributed by atoms with van der Waals surface area (Å²) in [6.07, 6.45) is 5.18. The van der Waals surface area contributed by atoms with Crippen LogP contribution >= 0.6 is 27.3 Å². The highest BCUT2D eigenvalue weighted by Crippen LogP contribution is 2.34. The third kappa shape index (κ3) is 2.85. The topological polar surface area (TPSA) is 12.0 Å². The highest BCUT2D eigenvalue weighted by atomic mass is 79.9. The Morgan fingerprint density at radius 3 is 2.70 bits per heavy atom. The predicted octanol–water partition coefficient (Wildman–Crippen LogP) is 5.09. The molecule has 1 nitrogen and oxygen atoms in total. The Kier molecular flexibility index (Phi) is 4.59. The van der Waals surface area contributed by atoms with Crippen LogP contribution in [-0.2, 0) is 12.8 Å². The number of aryl methyl sites for hydroxylation is 2. The molecule has 1 aliphatic carbocycles. The van der Waals surface area contributed by atoms with Gasteiger partial charge in [-0.25, -0.2) is 0 Å². The van der Waals surface area contributed by atoms with E-state index in [2.05, 4.69) is 57.8 Å². The fourth-order valence-electron chi connectivity index (χ4n) is 3.01. The molecule has 3 rings (SSSR count). The average Bonchev–Trinajstić information content (AvgIpc) is 2.90. The number of nitrogens with one attached hydrogen (secondary N) is 1. The normalized spacial score (nSPS) is 15.9. The van der Waals surface area contributed by atoms with E-state index in [-0.39, 0.29) is 0 Å². The molecule has 1 aromatic carbocycles. The molecule has 0 radical (unpaired) electrons. The second-order valence-corrected chi connectivity index (χ2v) is 7.16. The first kappa shape index (κ1) is 14.3. The Bertz CT molecular complexity index is 590. The van der Waals surface area contributed by atoms with Crippen molar-refractivity contribution in [3.05, 3.63) is 55.7 Å². The molecule has 3 heteroatoms. The Morgan fingerprint density at radius 1 is 1.20 bits per heavy atom. The van der Waals surface area contributed by atoms with Gasteiger partial charge in [0, 0.05) is 9.35 Å². The van der Waals surface area contributed by atoms with Crippen molar-refractivity contribution in [1.29, 1.82) is 0 Å². The zero-order chi connectivity index (χ0) is 13.9. The molecule has 0 bridgehead atoms. The highest BCUT2D eigenvalue weighted by molar-refractivity contribution is 9.10. The number of fused-ring (bicyclic) bond motifs is 1. The Hall–Kier alpha value is -0.640. The summed E-state index contributed by atoms with van der Waals surface area (Å²) >= 11 is 5.50. The minimum absolute atomic E-state index is 0.307. The number of thiophene rings is 1. The number of rotatable bonds is 4.